The van der Waals surface area contributed by atoms with E-state index in [-0.39, 0.29) is 0 Å². The monoisotopic (exact) mass is 257 g/mol. The van der Waals surface area contributed by atoms with Gasteiger partial charge in [0.1, 0.15) is 11.6 Å². The summed E-state index contributed by atoms with van der Waals surface area (Å²) in [7, 11) is 0. The smallest absolute Gasteiger partial charge is 0.408 e. The molecule has 1 amide bonds. The van der Waals surface area contributed by atoms with Crippen molar-refractivity contribution in [1.29, 1.82) is 0 Å². The van der Waals surface area contributed by atoms with Crippen molar-refractivity contribution in [3.8, 4) is 0 Å². The Kier molecular flexibility index (Phi) is 4.59. The molecule has 3 unspecified atom stereocenters. The summed E-state index contributed by atoms with van der Waals surface area (Å²) in [5.41, 5.74) is -0.572. The van der Waals surface area contributed by atoms with Gasteiger partial charge in [-0.15, -0.1) is 0 Å². The molecule has 3 atom stereocenters. The summed E-state index contributed by atoms with van der Waals surface area (Å²) < 4.78 is 10.2. The highest BCUT2D eigenvalue weighted by Gasteiger charge is 2.34. The molecule has 104 valence electrons. The van der Waals surface area contributed by atoms with Gasteiger partial charge >= 0.3 is 12.1 Å². The van der Waals surface area contributed by atoms with Crippen LogP contribution >= 0.6 is 0 Å². The van der Waals surface area contributed by atoms with Crippen LogP contribution in [0.1, 0.15) is 41.0 Å². The third kappa shape index (κ3) is 5.38. The fourth-order valence-corrected chi connectivity index (χ4v) is 1.49. The van der Waals surface area contributed by atoms with E-state index in [2.05, 4.69) is 12.2 Å². The quantitative estimate of drug-likeness (QED) is 0.783. The van der Waals surface area contributed by atoms with E-state index in [0.29, 0.717) is 18.4 Å². The SMILES string of the molecule is CC(NC(=O)OC(C)(C)C)C(=O)OCC1CC1C. The van der Waals surface area contributed by atoms with Gasteiger partial charge in [0, 0.05) is 0 Å². The maximum absolute atomic E-state index is 11.6. The Labute approximate surface area is 108 Å². The highest BCUT2D eigenvalue weighted by Crippen LogP contribution is 2.37. The van der Waals surface area contributed by atoms with Gasteiger partial charge in [0.25, 0.3) is 0 Å². The third-order valence-corrected chi connectivity index (χ3v) is 2.80. The molecule has 18 heavy (non-hydrogen) atoms. The van der Waals surface area contributed by atoms with Crippen LogP contribution in [0.4, 0.5) is 4.79 Å². The zero-order valence-electron chi connectivity index (χ0n) is 11.8. The molecule has 0 aromatic heterocycles. The first-order chi connectivity index (χ1) is 8.19. The van der Waals surface area contributed by atoms with Crippen LogP contribution in [0.2, 0.25) is 0 Å². The van der Waals surface area contributed by atoms with Crippen LogP contribution in [-0.4, -0.2) is 30.3 Å². The predicted molar refractivity (Wildman–Crippen MR) is 67.1 cm³/mol. The number of carbonyl (C=O) groups is 2. The minimum absolute atomic E-state index is 0.417. The summed E-state index contributed by atoms with van der Waals surface area (Å²) in [6.07, 6.45) is 0.507. The van der Waals surface area contributed by atoms with Crippen molar-refractivity contribution in [2.24, 2.45) is 11.8 Å². The topological polar surface area (TPSA) is 64.6 Å². The second kappa shape index (κ2) is 5.59. The van der Waals surface area contributed by atoms with Crippen LogP contribution in [0.3, 0.4) is 0 Å². The van der Waals surface area contributed by atoms with Crippen molar-refractivity contribution >= 4 is 12.1 Å². The molecular weight excluding hydrogens is 234 g/mol. The number of hydrogen-bond acceptors (Lipinski definition) is 4. The lowest BCUT2D eigenvalue weighted by atomic mass is 10.2. The molecule has 1 aliphatic carbocycles. The van der Waals surface area contributed by atoms with E-state index in [1.54, 1.807) is 27.7 Å². The number of amides is 1. The Morgan fingerprint density at radius 1 is 1.39 bits per heavy atom. The largest absolute Gasteiger partial charge is 0.464 e. The summed E-state index contributed by atoms with van der Waals surface area (Å²) in [6, 6.07) is -0.686. The number of hydrogen-bond donors (Lipinski definition) is 1. The van der Waals surface area contributed by atoms with Gasteiger partial charge in [0.2, 0.25) is 0 Å². The molecule has 5 nitrogen and oxygen atoms in total. The summed E-state index contributed by atoms with van der Waals surface area (Å²) in [5, 5.41) is 2.46. The van der Waals surface area contributed by atoms with Crippen LogP contribution in [0, 0.1) is 11.8 Å². The van der Waals surface area contributed by atoms with Gasteiger partial charge < -0.3 is 14.8 Å². The van der Waals surface area contributed by atoms with E-state index in [1.165, 1.54) is 0 Å². The molecule has 0 saturated heterocycles. The standard InChI is InChI=1S/C13H23NO4/c1-8-6-10(8)7-17-11(15)9(2)14-12(16)18-13(3,4)5/h8-10H,6-7H2,1-5H3,(H,14,16). The molecule has 0 radical (unpaired) electrons. The van der Waals surface area contributed by atoms with E-state index < -0.39 is 23.7 Å². The third-order valence-electron chi connectivity index (χ3n) is 2.80. The average molecular weight is 257 g/mol. The number of alkyl carbamates (subject to hydrolysis) is 1. The summed E-state index contributed by atoms with van der Waals surface area (Å²) in [5.74, 6) is 0.717. The highest BCUT2D eigenvalue weighted by atomic mass is 16.6. The molecule has 0 aromatic rings. The number of rotatable bonds is 4. The lowest BCUT2D eigenvalue weighted by Gasteiger charge is -2.21. The van der Waals surface area contributed by atoms with Crippen molar-refractivity contribution in [2.75, 3.05) is 6.61 Å². The van der Waals surface area contributed by atoms with Gasteiger partial charge in [0.05, 0.1) is 6.61 Å². The molecule has 1 saturated carbocycles. The van der Waals surface area contributed by atoms with Gasteiger partial charge in [-0.05, 0) is 46.0 Å². The number of ether oxygens (including phenoxy) is 2. The summed E-state index contributed by atoms with van der Waals surface area (Å²) >= 11 is 0. The molecule has 1 N–H and O–H groups in total. The Hall–Kier alpha value is -1.26. The van der Waals surface area contributed by atoms with Gasteiger partial charge in [-0.2, -0.15) is 0 Å². The van der Waals surface area contributed by atoms with Gasteiger partial charge in [-0.1, -0.05) is 6.92 Å². The van der Waals surface area contributed by atoms with E-state index >= 15 is 0 Å². The number of carbonyl (C=O) groups excluding carboxylic acids is 2. The molecule has 1 fully saturated rings. The van der Waals surface area contributed by atoms with Crippen LogP contribution in [0.25, 0.3) is 0 Å². The maximum Gasteiger partial charge on any atom is 0.408 e. The molecule has 1 aliphatic rings. The first-order valence-corrected chi connectivity index (χ1v) is 6.35. The molecule has 0 aromatic carbocycles. The van der Waals surface area contributed by atoms with Crippen LogP contribution in [0.15, 0.2) is 0 Å². The summed E-state index contributed by atoms with van der Waals surface area (Å²) in [4.78, 5) is 23.0. The molecule has 1 rings (SSSR count). The zero-order chi connectivity index (χ0) is 13.9. The fourth-order valence-electron chi connectivity index (χ4n) is 1.49. The van der Waals surface area contributed by atoms with Crippen molar-refractivity contribution in [3.05, 3.63) is 0 Å². The molecule has 0 aliphatic heterocycles. The van der Waals surface area contributed by atoms with Crippen LogP contribution < -0.4 is 5.32 Å². The van der Waals surface area contributed by atoms with Gasteiger partial charge in [-0.25, -0.2) is 9.59 Å². The highest BCUT2D eigenvalue weighted by molar-refractivity contribution is 5.81. The first-order valence-electron chi connectivity index (χ1n) is 6.35. The van der Waals surface area contributed by atoms with Crippen LogP contribution in [-0.2, 0) is 14.3 Å². The van der Waals surface area contributed by atoms with Crippen molar-refractivity contribution in [1.82, 2.24) is 5.32 Å². The Morgan fingerprint density at radius 3 is 2.39 bits per heavy atom. The van der Waals surface area contributed by atoms with Crippen molar-refractivity contribution < 1.29 is 19.1 Å². The minimum atomic E-state index is -0.686. The van der Waals surface area contributed by atoms with E-state index in [9.17, 15) is 9.59 Å². The number of esters is 1. The normalized spacial score (nSPS) is 24.1. The molecule has 0 heterocycles. The minimum Gasteiger partial charge on any atom is -0.464 e. The van der Waals surface area contributed by atoms with Crippen molar-refractivity contribution in [3.63, 3.8) is 0 Å². The van der Waals surface area contributed by atoms with E-state index in [4.69, 9.17) is 9.47 Å². The Bertz CT molecular complexity index is 321. The van der Waals surface area contributed by atoms with Crippen molar-refractivity contribution in [2.45, 2.75) is 52.7 Å². The van der Waals surface area contributed by atoms with Gasteiger partial charge in [0.15, 0.2) is 0 Å². The summed E-state index contributed by atoms with van der Waals surface area (Å²) in [6.45, 7) is 9.46. The molecule has 5 heteroatoms. The lowest BCUT2D eigenvalue weighted by Crippen LogP contribution is -2.42. The predicted octanol–water partition coefficient (Wildman–Crippen LogP) is 2.10. The van der Waals surface area contributed by atoms with E-state index in [1.807, 2.05) is 0 Å². The average Bonchev–Trinajstić information content (AvgIpc) is 2.87. The molecule has 0 bridgehead atoms. The van der Waals surface area contributed by atoms with E-state index in [0.717, 1.165) is 6.42 Å². The first kappa shape index (κ1) is 14.8. The zero-order valence-corrected chi connectivity index (χ0v) is 11.8. The lowest BCUT2D eigenvalue weighted by molar-refractivity contribution is -0.146. The molecular formula is C13H23NO4. The Morgan fingerprint density at radius 2 is 1.94 bits per heavy atom. The van der Waals surface area contributed by atoms with Gasteiger partial charge in [-0.3, -0.25) is 0 Å². The fraction of sp³-hybridized carbons (Fsp3) is 0.846. The number of nitrogens with one attached hydrogen (secondary N) is 1. The Balaban J connectivity index is 2.24. The second-order valence-electron chi connectivity index (χ2n) is 5.97. The second-order valence-corrected chi connectivity index (χ2v) is 5.97. The maximum atomic E-state index is 11.6. The van der Waals surface area contributed by atoms with Crippen LogP contribution in [0.5, 0.6) is 0 Å². The molecule has 0 spiro atoms.